The Labute approximate surface area is 164 Å². The molecule has 0 aliphatic heterocycles. The minimum Gasteiger partial charge on any atom is -0.480 e. The van der Waals surface area contributed by atoms with Gasteiger partial charge in [-0.05, 0) is 32.6 Å². The summed E-state index contributed by atoms with van der Waals surface area (Å²) in [7, 11) is 0. The van der Waals surface area contributed by atoms with Gasteiger partial charge < -0.3 is 25.6 Å². The van der Waals surface area contributed by atoms with Crippen LogP contribution >= 0.6 is 0 Å². The predicted octanol–water partition coefficient (Wildman–Crippen LogP) is -0.216. The molecular weight excluding hydrogens is 370 g/mol. The number of carboxylic acids is 2. The summed E-state index contributed by atoms with van der Waals surface area (Å²) in [6, 6.07) is -1.08. The molecule has 0 saturated heterocycles. The number of carbonyl (C=O) groups excluding carboxylic acids is 3. The zero-order valence-corrected chi connectivity index (χ0v) is 16.1. The predicted molar refractivity (Wildman–Crippen MR) is 101 cm³/mol. The molecule has 0 aliphatic carbocycles. The summed E-state index contributed by atoms with van der Waals surface area (Å²) in [5, 5.41) is 23.4. The smallest absolute Gasteiger partial charge is 0.320 e. The summed E-state index contributed by atoms with van der Waals surface area (Å²) in [6.07, 6.45) is 2.34. The van der Waals surface area contributed by atoms with Crippen molar-refractivity contribution in [2.24, 2.45) is 0 Å². The molecule has 28 heavy (non-hydrogen) atoms. The van der Waals surface area contributed by atoms with E-state index in [1.807, 2.05) is 0 Å². The average molecular weight is 399 g/mol. The van der Waals surface area contributed by atoms with Gasteiger partial charge in [-0.1, -0.05) is 6.58 Å². The van der Waals surface area contributed by atoms with E-state index in [2.05, 4.69) is 17.2 Å². The molecular formula is C18H29N3O7. The molecule has 2 amide bonds. The summed E-state index contributed by atoms with van der Waals surface area (Å²) in [5.74, 6) is -2.82. The molecule has 0 bridgehead atoms. The highest BCUT2D eigenvalue weighted by atomic mass is 16.4. The van der Waals surface area contributed by atoms with Crippen LogP contribution in [0.5, 0.6) is 0 Å². The second-order valence-electron chi connectivity index (χ2n) is 6.33. The Morgan fingerprint density at radius 1 is 1.07 bits per heavy atom. The molecule has 0 aromatic carbocycles. The molecule has 0 radical (unpaired) electrons. The van der Waals surface area contributed by atoms with Gasteiger partial charge in [0.1, 0.15) is 12.3 Å². The molecule has 0 rings (SSSR count). The molecule has 0 heterocycles. The molecule has 10 nitrogen and oxygen atoms in total. The van der Waals surface area contributed by atoms with Crippen molar-refractivity contribution in [3.63, 3.8) is 0 Å². The van der Waals surface area contributed by atoms with Crippen LogP contribution in [0.25, 0.3) is 0 Å². The number of carboxylic acid groups (broad SMARTS) is 2. The molecule has 158 valence electrons. The Hall–Kier alpha value is -2.75. The Bertz CT molecular complexity index is 578. The van der Waals surface area contributed by atoms with Crippen LogP contribution in [-0.4, -0.2) is 77.4 Å². The third kappa shape index (κ3) is 11.8. The molecule has 0 saturated carbocycles. The SMILES string of the molecule is C=C(C)C(=O)NCCCC(=O)NCCCCC(C(=O)O)N(CC=O)CC(=O)O. The molecule has 0 spiro atoms. The normalized spacial score (nSPS) is 11.5. The molecule has 1 atom stereocenters. The highest BCUT2D eigenvalue weighted by molar-refractivity contribution is 5.92. The van der Waals surface area contributed by atoms with Gasteiger partial charge in [-0.3, -0.25) is 24.1 Å². The number of rotatable bonds is 16. The number of unbranched alkanes of at least 4 members (excludes halogenated alkanes) is 1. The number of aldehydes is 1. The summed E-state index contributed by atoms with van der Waals surface area (Å²) in [4.78, 5) is 56.9. The van der Waals surface area contributed by atoms with Crippen LogP contribution in [0.3, 0.4) is 0 Å². The maximum atomic E-state index is 11.7. The summed E-state index contributed by atoms with van der Waals surface area (Å²) in [6.45, 7) is 5.02. The minimum atomic E-state index is -1.21. The van der Waals surface area contributed by atoms with Crippen LogP contribution in [0.15, 0.2) is 12.2 Å². The van der Waals surface area contributed by atoms with Gasteiger partial charge >= 0.3 is 11.9 Å². The Kier molecular flexibility index (Phi) is 12.9. The first-order chi connectivity index (χ1) is 13.2. The van der Waals surface area contributed by atoms with Gasteiger partial charge in [0.15, 0.2) is 0 Å². The molecule has 0 fully saturated rings. The largest absolute Gasteiger partial charge is 0.480 e. The Morgan fingerprint density at radius 2 is 1.71 bits per heavy atom. The van der Waals surface area contributed by atoms with Crippen LogP contribution in [0.1, 0.15) is 39.0 Å². The van der Waals surface area contributed by atoms with E-state index in [1.165, 1.54) is 0 Å². The van der Waals surface area contributed by atoms with E-state index in [9.17, 15) is 29.1 Å². The molecule has 10 heteroatoms. The molecule has 0 aliphatic rings. The van der Waals surface area contributed by atoms with Crippen LogP contribution in [0, 0.1) is 0 Å². The highest BCUT2D eigenvalue weighted by Gasteiger charge is 2.26. The van der Waals surface area contributed by atoms with Crippen molar-refractivity contribution in [3.05, 3.63) is 12.2 Å². The lowest BCUT2D eigenvalue weighted by molar-refractivity contribution is -0.146. The summed E-state index contributed by atoms with van der Waals surface area (Å²) < 4.78 is 0. The fourth-order valence-corrected chi connectivity index (χ4v) is 2.41. The highest BCUT2D eigenvalue weighted by Crippen LogP contribution is 2.09. The lowest BCUT2D eigenvalue weighted by Crippen LogP contribution is -2.45. The van der Waals surface area contributed by atoms with Gasteiger partial charge in [-0.25, -0.2) is 0 Å². The molecule has 0 aromatic heterocycles. The number of aliphatic carboxylic acids is 2. The van der Waals surface area contributed by atoms with Gasteiger partial charge in [0.25, 0.3) is 0 Å². The third-order valence-electron chi connectivity index (χ3n) is 3.85. The van der Waals surface area contributed by atoms with Crippen molar-refractivity contribution < 1.29 is 34.2 Å². The van der Waals surface area contributed by atoms with Gasteiger partial charge in [0, 0.05) is 25.1 Å². The quantitative estimate of drug-likeness (QED) is 0.158. The number of nitrogens with zero attached hydrogens (tertiary/aromatic N) is 1. The maximum Gasteiger partial charge on any atom is 0.320 e. The van der Waals surface area contributed by atoms with Crippen molar-refractivity contribution in [2.75, 3.05) is 26.2 Å². The fraction of sp³-hybridized carbons (Fsp3) is 0.611. The Morgan fingerprint density at radius 3 is 2.25 bits per heavy atom. The van der Waals surface area contributed by atoms with E-state index in [0.717, 1.165) is 4.90 Å². The Balaban J connectivity index is 4.09. The number of amides is 2. The van der Waals surface area contributed by atoms with Crippen molar-refractivity contribution in [2.45, 2.75) is 45.1 Å². The number of hydrogen-bond acceptors (Lipinski definition) is 6. The molecule has 1 unspecified atom stereocenters. The van der Waals surface area contributed by atoms with Gasteiger partial charge in [-0.2, -0.15) is 0 Å². The fourth-order valence-electron chi connectivity index (χ4n) is 2.41. The van der Waals surface area contributed by atoms with Crippen molar-refractivity contribution in [3.8, 4) is 0 Å². The van der Waals surface area contributed by atoms with Crippen LogP contribution in [0.2, 0.25) is 0 Å². The van der Waals surface area contributed by atoms with E-state index in [0.29, 0.717) is 44.2 Å². The van der Waals surface area contributed by atoms with Crippen molar-refractivity contribution in [1.29, 1.82) is 0 Å². The summed E-state index contributed by atoms with van der Waals surface area (Å²) >= 11 is 0. The van der Waals surface area contributed by atoms with Crippen molar-refractivity contribution in [1.82, 2.24) is 15.5 Å². The second-order valence-corrected chi connectivity index (χ2v) is 6.33. The first-order valence-corrected chi connectivity index (χ1v) is 9.01. The zero-order valence-electron chi connectivity index (χ0n) is 16.1. The third-order valence-corrected chi connectivity index (χ3v) is 3.85. The number of hydrogen-bond donors (Lipinski definition) is 4. The van der Waals surface area contributed by atoms with Gasteiger partial charge in [0.2, 0.25) is 11.8 Å². The van der Waals surface area contributed by atoms with E-state index >= 15 is 0 Å². The van der Waals surface area contributed by atoms with E-state index in [-0.39, 0.29) is 31.2 Å². The van der Waals surface area contributed by atoms with Crippen molar-refractivity contribution >= 4 is 30.0 Å². The van der Waals surface area contributed by atoms with Crippen LogP contribution in [0.4, 0.5) is 0 Å². The first-order valence-electron chi connectivity index (χ1n) is 9.01. The zero-order chi connectivity index (χ0) is 21.5. The minimum absolute atomic E-state index is 0.166. The lowest BCUT2D eigenvalue weighted by atomic mass is 10.1. The second kappa shape index (κ2) is 14.3. The van der Waals surface area contributed by atoms with E-state index in [4.69, 9.17) is 5.11 Å². The number of carbonyl (C=O) groups is 5. The van der Waals surface area contributed by atoms with E-state index in [1.54, 1.807) is 6.92 Å². The van der Waals surface area contributed by atoms with Crippen LogP contribution < -0.4 is 10.6 Å². The van der Waals surface area contributed by atoms with Gasteiger partial charge in [0.05, 0.1) is 13.1 Å². The monoisotopic (exact) mass is 399 g/mol. The molecule has 4 N–H and O–H groups in total. The standard InChI is InChI=1S/C18H29N3O7/c1-13(2)17(26)20-9-5-7-15(23)19-8-4-3-6-14(18(27)28)21(10-11-22)12-16(24)25/h11,14H,1,3-10,12H2,2H3,(H,19,23)(H,20,26)(H,24,25)(H,27,28). The number of nitrogens with one attached hydrogen (secondary N) is 2. The van der Waals surface area contributed by atoms with Crippen LogP contribution in [-0.2, 0) is 24.0 Å². The average Bonchev–Trinajstić information content (AvgIpc) is 2.60. The van der Waals surface area contributed by atoms with E-state index < -0.39 is 24.5 Å². The molecule has 0 aromatic rings. The topological polar surface area (TPSA) is 153 Å². The first kappa shape index (κ1) is 25.2. The van der Waals surface area contributed by atoms with Gasteiger partial charge in [-0.15, -0.1) is 0 Å². The lowest BCUT2D eigenvalue weighted by Gasteiger charge is -2.25. The maximum absolute atomic E-state index is 11.7. The summed E-state index contributed by atoms with van der Waals surface area (Å²) in [5.41, 5.74) is 0.402.